The molecule has 3 atom stereocenters. The molecule has 15 nitrogen and oxygen atoms in total. The molecule has 16 heteroatoms. The van der Waals surface area contributed by atoms with E-state index in [1.54, 1.807) is 22.5 Å². The first kappa shape index (κ1) is 39.7. The molecule has 0 aliphatic carbocycles. The van der Waals surface area contributed by atoms with Gasteiger partial charge < -0.3 is 46.0 Å². The van der Waals surface area contributed by atoms with Gasteiger partial charge in [0, 0.05) is 0 Å². The molecule has 203 valence electrons. The normalized spacial score (nSPS) is 14.7. The molecule has 0 aromatic heterocycles. The van der Waals surface area contributed by atoms with Gasteiger partial charge in [0.05, 0.1) is 19.3 Å². The van der Waals surface area contributed by atoms with Gasteiger partial charge in [0.15, 0.2) is 16.8 Å². The van der Waals surface area contributed by atoms with Crippen LogP contribution in [0.2, 0.25) is 4.44 Å². The van der Waals surface area contributed by atoms with E-state index in [0.717, 1.165) is 20.8 Å². The van der Waals surface area contributed by atoms with E-state index in [1.165, 1.54) is 17.3 Å². The minimum atomic E-state index is -2.16. The van der Waals surface area contributed by atoms with E-state index in [0.29, 0.717) is 0 Å². The second-order valence-corrected chi connectivity index (χ2v) is 8.98. The van der Waals surface area contributed by atoms with Crippen LogP contribution in [0.4, 0.5) is 0 Å². The molecular weight excluding hydrogens is 587 g/mol. The molecule has 0 amide bonds. The standard InChI is InChI=1S/3C5H8O5.C4H9.Sn/c3*1-5(10,4(8)9)2-3(6)7;1-3-4-2;/h3*10H,2H2,1H3,(H,6,7)(H,8,9);1,3-4H2,2H3;. The van der Waals surface area contributed by atoms with Gasteiger partial charge in [0.25, 0.3) is 0 Å². The molecule has 35 heavy (non-hydrogen) atoms. The van der Waals surface area contributed by atoms with Gasteiger partial charge in [0.2, 0.25) is 0 Å². The van der Waals surface area contributed by atoms with Crippen molar-refractivity contribution >= 4 is 58.3 Å². The molecule has 0 heterocycles. The van der Waals surface area contributed by atoms with Gasteiger partial charge in [-0.1, -0.05) is 0 Å². The Hall–Kier alpha value is -2.50. The van der Waals surface area contributed by atoms with Crippen molar-refractivity contribution in [3.63, 3.8) is 0 Å². The summed E-state index contributed by atoms with van der Waals surface area (Å²) in [6.07, 6.45) is 0.427. The molecule has 9 N–H and O–H groups in total. The molecule has 0 rings (SSSR count). The molecule has 0 bridgehead atoms. The molecule has 0 aliphatic heterocycles. The summed E-state index contributed by atoms with van der Waals surface area (Å²) in [6, 6.07) is 0. The summed E-state index contributed by atoms with van der Waals surface area (Å²) in [7, 11) is 0. The first-order valence-electron chi connectivity index (χ1n) is 9.67. The number of unbranched alkanes of at least 4 members (excludes halogenated alkanes) is 1. The van der Waals surface area contributed by atoms with Crippen molar-refractivity contribution in [3.8, 4) is 0 Å². The molecule has 3 radical (unpaired) electrons. The predicted molar refractivity (Wildman–Crippen MR) is 117 cm³/mol. The Labute approximate surface area is 214 Å². The topological polar surface area (TPSA) is 284 Å². The zero-order valence-corrected chi connectivity index (χ0v) is 22.6. The van der Waals surface area contributed by atoms with Crippen molar-refractivity contribution < 1.29 is 74.7 Å². The van der Waals surface area contributed by atoms with Gasteiger partial charge in [-0.3, -0.25) is 14.4 Å². The third-order valence-electron chi connectivity index (χ3n) is 3.40. The van der Waals surface area contributed by atoms with Gasteiger partial charge in [-0.05, 0) is 20.8 Å². The van der Waals surface area contributed by atoms with Crippen molar-refractivity contribution in [2.75, 3.05) is 0 Å². The molecule has 0 fully saturated rings. The molecule has 0 aromatic carbocycles. The first-order chi connectivity index (χ1) is 15.5. The Morgan fingerprint density at radius 2 is 0.771 bits per heavy atom. The van der Waals surface area contributed by atoms with Crippen LogP contribution in [0, 0.1) is 0 Å². The van der Waals surface area contributed by atoms with E-state index in [9.17, 15) is 28.8 Å². The van der Waals surface area contributed by atoms with Crippen LogP contribution in [0.5, 0.6) is 0 Å². The van der Waals surface area contributed by atoms with E-state index in [2.05, 4.69) is 6.92 Å². The third-order valence-corrected chi connectivity index (χ3v) is 4.41. The van der Waals surface area contributed by atoms with E-state index in [1.807, 2.05) is 0 Å². The van der Waals surface area contributed by atoms with Crippen molar-refractivity contribution in [1.82, 2.24) is 0 Å². The summed E-state index contributed by atoms with van der Waals surface area (Å²) in [5.41, 5.74) is -6.48. The fraction of sp³-hybridized carbons (Fsp3) is 0.684. The average molecular weight is 620 g/mol. The number of carboxylic acids is 6. The van der Waals surface area contributed by atoms with Crippen LogP contribution < -0.4 is 0 Å². The number of hydrogen-bond acceptors (Lipinski definition) is 9. The Bertz CT molecular complexity index is 621. The van der Waals surface area contributed by atoms with Gasteiger partial charge in [-0.2, -0.15) is 0 Å². The number of aliphatic hydroxyl groups is 3. The van der Waals surface area contributed by atoms with Crippen LogP contribution in [0.1, 0.15) is 59.8 Å². The van der Waals surface area contributed by atoms with E-state index < -0.39 is 71.9 Å². The predicted octanol–water partition coefficient (Wildman–Crippen LogP) is -0.737. The Morgan fingerprint density at radius 1 is 0.571 bits per heavy atom. The molecule has 0 aliphatic rings. The number of carbonyl (C=O) groups is 6. The van der Waals surface area contributed by atoms with Crippen LogP contribution in [-0.2, 0) is 28.8 Å². The molecule has 0 spiro atoms. The SMILES string of the molecule is CC(O)(CC(=O)O)C(=O)O.CC(O)(CC(=O)O)C(=O)O.CC(O)(CC(=O)O)C(=O)O.CCC[CH2][Sn]. The maximum absolute atomic E-state index is 10.0. The molecule has 0 saturated carbocycles. The average Bonchev–Trinajstić information content (AvgIpc) is 2.60. The van der Waals surface area contributed by atoms with Crippen LogP contribution in [0.15, 0.2) is 0 Å². The van der Waals surface area contributed by atoms with Gasteiger partial charge in [-0.15, -0.1) is 0 Å². The van der Waals surface area contributed by atoms with Crippen LogP contribution in [0.25, 0.3) is 0 Å². The molecular formula is C19H33O15Sn. The second-order valence-electron chi connectivity index (χ2n) is 7.55. The minimum absolute atomic E-state index is 0.789. The van der Waals surface area contributed by atoms with E-state index >= 15 is 0 Å². The Kier molecular flexibility index (Phi) is 21.3. The summed E-state index contributed by atoms with van der Waals surface area (Å²) >= 11 is 1.68. The van der Waals surface area contributed by atoms with E-state index in [-0.39, 0.29) is 0 Å². The fourth-order valence-electron chi connectivity index (χ4n) is 1.29. The second kappa shape index (κ2) is 18.8. The number of hydrogen-bond donors (Lipinski definition) is 9. The molecule has 0 saturated heterocycles. The fourth-order valence-corrected chi connectivity index (χ4v) is 2.30. The number of aliphatic carboxylic acids is 6. The Balaban J connectivity index is -0.000000188. The number of rotatable bonds is 11. The summed E-state index contributed by atoms with van der Waals surface area (Å²) in [5.74, 6) is -8.62. The van der Waals surface area contributed by atoms with Gasteiger partial charge in [0.1, 0.15) is 0 Å². The first-order valence-corrected chi connectivity index (χ1v) is 11.7. The van der Waals surface area contributed by atoms with Crippen molar-refractivity contribution in [3.05, 3.63) is 0 Å². The van der Waals surface area contributed by atoms with Crippen molar-refractivity contribution in [1.29, 1.82) is 0 Å². The van der Waals surface area contributed by atoms with Crippen molar-refractivity contribution in [2.24, 2.45) is 0 Å². The van der Waals surface area contributed by atoms with Crippen LogP contribution in [-0.4, -0.2) is 121 Å². The summed E-state index contributed by atoms with van der Waals surface area (Å²) in [5, 5.41) is 75.1. The number of carboxylic acid groups (broad SMARTS) is 6. The third kappa shape index (κ3) is 26.0. The van der Waals surface area contributed by atoms with Crippen LogP contribution in [0.3, 0.4) is 0 Å². The summed E-state index contributed by atoms with van der Waals surface area (Å²) in [6.45, 7) is 5.03. The molecule has 3 unspecified atom stereocenters. The summed E-state index contributed by atoms with van der Waals surface area (Å²) in [4.78, 5) is 59.8. The molecule has 0 aromatic rings. The van der Waals surface area contributed by atoms with Crippen LogP contribution >= 0.6 is 0 Å². The van der Waals surface area contributed by atoms with Gasteiger partial charge in [-0.25, -0.2) is 14.4 Å². The summed E-state index contributed by atoms with van der Waals surface area (Å²) < 4.78 is 1.43. The zero-order valence-electron chi connectivity index (χ0n) is 19.7. The quantitative estimate of drug-likeness (QED) is 0.129. The maximum atomic E-state index is 10.0. The Morgan fingerprint density at radius 3 is 0.800 bits per heavy atom. The van der Waals surface area contributed by atoms with E-state index in [4.69, 9.17) is 46.0 Å². The zero-order chi connectivity index (χ0) is 29.2. The van der Waals surface area contributed by atoms with Gasteiger partial charge >= 0.3 is 82.5 Å². The van der Waals surface area contributed by atoms with Crippen molar-refractivity contribution in [2.45, 2.75) is 81.0 Å². The monoisotopic (exact) mass is 621 g/mol.